The minimum atomic E-state index is -0.730. The third-order valence-corrected chi connectivity index (χ3v) is 4.76. The second-order valence-electron chi connectivity index (χ2n) is 6.53. The Morgan fingerprint density at radius 1 is 1.20 bits per heavy atom. The average molecular weight is 344 g/mol. The summed E-state index contributed by atoms with van der Waals surface area (Å²) in [6.07, 6.45) is 2.52. The number of hydrazine groups is 1. The zero-order chi connectivity index (χ0) is 17.8. The Balaban J connectivity index is 1.66. The molecule has 7 nitrogen and oxygen atoms in total. The van der Waals surface area contributed by atoms with Crippen LogP contribution < -0.4 is 11.1 Å². The highest BCUT2D eigenvalue weighted by molar-refractivity contribution is 5.93. The van der Waals surface area contributed by atoms with Gasteiger partial charge < -0.3 is 11.1 Å². The maximum Gasteiger partial charge on any atom is 0.258 e. The lowest BCUT2D eigenvalue weighted by Crippen LogP contribution is -2.63. The van der Waals surface area contributed by atoms with Gasteiger partial charge >= 0.3 is 0 Å². The Morgan fingerprint density at radius 2 is 1.96 bits per heavy atom. The van der Waals surface area contributed by atoms with Crippen molar-refractivity contribution in [2.75, 3.05) is 13.1 Å². The van der Waals surface area contributed by atoms with Crippen LogP contribution in [0.2, 0.25) is 0 Å². The number of fused-ring (bicyclic) bond motifs is 1. The molecule has 1 aromatic rings. The van der Waals surface area contributed by atoms with Gasteiger partial charge in [0.2, 0.25) is 11.8 Å². The van der Waals surface area contributed by atoms with Gasteiger partial charge in [0.05, 0.1) is 6.04 Å². The Kier molecular flexibility index (Phi) is 5.33. The van der Waals surface area contributed by atoms with Crippen molar-refractivity contribution in [1.29, 1.82) is 0 Å². The van der Waals surface area contributed by atoms with Gasteiger partial charge in [-0.25, -0.2) is 5.01 Å². The smallest absolute Gasteiger partial charge is 0.258 e. The molecule has 3 N–H and O–H groups in total. The summed E-state index contributed by atoms with van der Waals surface area (Å²) in [5, 5.41) is 5.62. The Hall–Kier alpha value is -2.41. The van der Waals surface area contributed by atoms with Crippen LogP contribution >= 0.6 is 0 Å². The maximum absolute atomic E-state index is 12.6. The van der Waals surface area contributed by atoms with Crippen molar-refractivity contribution in [2.45, 2.75) is 44.2 Å². The molecule has 25 heavy (non-hydrogen) atoms. The molecular weight excluding hydrogens is 320 g/mol. The summed E-state index contributed by atoms with van der Waals surface area (Å²) >= 11 is 0. The van der Waals surface area contributed by atoms with Gasteiger partial charge in [-0.1, -0.05) is 30.3 Å². The third kappa shape index (κ3) is 3.82. The lowest BCUT2D eigenvalue weighted by molar-refractivity contribution is -0.175. The maximum atomic E-state index is 12.6. The number of carbonyl (C=O) groups excluding carboxylic acids is 3. The standard InChI is InChI=1S/C18H24N4O3/c19-14-8-9-16(23)21-12-4-7-15(22(21)18(14)25)17(24)20-11-10-13-5-2-1-3-6-13/h1-3,5-6,14-15H,4,7-12,19H2,(H,20,24)/t14-,15-/m0/s1. The van der Waals surface area contributed by atoms with Crippen molar-refractivity contribution in [1.82, 2.24) is 15.3 Å². The number of nitrogens with zero attached hydrogens (tertiary/aromatic N) is 2. The van der Waals surface area contributed by atoms with E-state index < -0.39 is 12.1 Å². The van der Waals surface area contributed by atoms with Gasteiger partial charge in [0, 0.05) is 19.5 Å². The molecule has 3 amide bonds. The Labute approximate surface area is 147 Å². The zero-order valence-corrected chi connectivity index (χ0v) is 14.2. The molecule has 3 rings (SSSR count). The van der Waals surface area contributed by atoms with Crippen molar-refractivity contribution in [3.63, 3.8) is 0 Å². The van der Waals surface area contributed by atoms with Gasteiger partial charge in [-0.15, -0.1) is 0 Å². The second kappa shape index (κ2) is 7.65. The summed E-state index contributed by atoms with van der Waals surface area (Å²) in [6.45, 7) is 0.951. The molecule has 2 saturated heterocycles. The SMILES string of the molecule is N[C@H]1CCC(=O)N2CCC[C@@H](C(=O)NCCc3ccccc3)N2C1=O. The average Bonchev–Trinajstić information content (AvgIpc) is 2.75. The molecule has 0 radical (unpaired) electrons. The predicted octanol–water partition coefficient (Wildman–Crippen LogP) is 0.201. The molecule has 2 atom stereocenters. The second-order valence-corrected chi connectivity index (χ2v) is 6.53. The number of nitrogens with one attached hydrogen (secondary N) is 1. The van der Waals surface area contributed by atoms with Crippen molar-refractivity contribution in [2.24, 2.45) is 5.73 Å². The summed E-state index contributed by atoms with van der Waals surface area (Å²) in [5.41, 5.74) is 7.02. The number of hydrogen-bond donors (Lipinski definition) is 2. The highest BCUT2D eigenvalue weighted by atomic mass is 16.2. The van der Waals surface area contributed by atoms with E-state index in [-0.39, 0.29) is 24.1 Å². The highest BCUT2D eigenvalue weighted by Crippen LogP contribution is 2.24. The first kappa shape index (κ1) is 17.4. The van der Waals surface area contributed by atoms with Gasteiger partial charge in [0.25, 0.3) is 5.91 Å². The summed E-state index contributed by atoms with van der Waals surface area (Å²) in [7, 11) is 0. The molecule has 2 fully saturated rings. The fourth-order valence-corrected chi connectivity index (χ4v) is 3.39. The van der Waals surface area contributed by atoms with E-state index >= 15 is 0 Å². The van der Waals surface area contributed by atoms with Gasteiger partial charge in [-0.2, -0.15) is 0 Å². The van der Waals surface area contributed by atoms with E-state index in [1.807, 2.05) is 30.3 Å². The fourth-order valence-electron chi connectivity index (χ4n) is 3.39. The number of carbonyl (C=O) groups is 3. The van der Waals surface area contributed by atoms with Gasteiger partial charge in [-0.05, 0) is 31.2 Å². The highest BCUT2D eigenvalue weighted by Gasteiger charge is 2.43. The summed E-state index contributed by atoms with van der Waals surface area (Å²) in [5.74, 6) is -0.701. The first-order valence-corrected chi connectivity index (χ1v) is 8.78. The van der Waals surface area contributed by atoms with Crippen LogP contribution in [0.25, 0.3) is 0 Å². The van der Waals surface area contributed by atoms with Crippen LogP contribution in [0, 0.1) is 0 Å². The summed E-state index contributed by atoms with van der Waals surface area (Å²) < 4.78 is 0. The Morgan fingerprint density at radius 3 is 2.72 bits per heavy atom. The lowest BCUT2D eigenvalue weighted by atomic mass is 10.1. The molecule has 0 unspecified atom stereocenters. The topological polar surface area (TPSA) is 95.7 Å². The fraction of sp³-hybridized carbons (Fsp3) is 0.500. The largest absolute Gasteiger partial charge is 0.354 e. The summed E-state index contributed by atoms with van der Waals surface area (Å²) in [4.78, 5) is 37.4. The lowest BCUT2D eigenvalue weighted by Gasteiger charge is -2.42. The molecule has 1 aromatic carbocycles. The van der Waals surface area contributed by atoms with E-state index in [2.05, 4.69) is 5.32 Å². The quantitative estimate of drug-likeness (QED) is 0.816. The van der Waals surface area contributed by atoms with Crippen molar-refractivity contribution < 1.29 is 14.4 Å². The van der Waals surface area contributed by atoms with Crippen LogP contribution in [-0.4, -0.2) is 52.9 Å². The predicted molar refractivity (Wildman–Crippen MR) is 91.9 cm³/mol. The molecule has 0 bridgehead atoms. The van der Waals surface area contributed by atoms with Crippen LogP contribution in [0.1, 0.15) is 31.2 Å². The van der Waals surface area contributed by atoms with Crippen molar-refractivity contribution in [3.8, 4) is 0 Å². The normalized spacial score (nSPS) is 23.9. The van der Waals surface area contributed by atoms with Crippen LogP contribution in [0.3, 0.4) is 0 Å². The number of amides is 3. The zero-order valence-electron chi connectivity index (χ0n) is 14.2. The van der Waals surface area contributed by atoms with E-state index in [0.29, 0.717) is 32.4 Å². The minimum Gasteiger partial charge on any atom is -0.354 e. The first-order chi connectivity index (χ1) is 12.1. The Bertz CT molecular complexity index is 649. The molecule has 134 valence electrons. The molecule has 0 aliphatic carbocycles. The van der Waals surface area contributed by atoms with Crippen LogP contribution in [0.5, 0.6) is 0 Å². The molecule has 2 aliphatic rings. The molecule has 0 saturated carbocycles. The number of hydrogen-bond acceptors (Lipinski definition) is 4. The van der Waals surface area contributed by atoms with Crippen LogP contribution in [0.15, 0.2) is 30.3 Å². The van der Waals surface area contributed by atoms with E-state index in [1.165, 1.54) is 10.0 Å². The molecule has 7 heteroatoms. The molecule has 0 spiro atoms. The molecule has 2 aliphatic heterocycles. The summed E-state index contributed by atoms with van der Waals surface area (Å²) in [6, 6.07) is 8.48. The molecule has 0 aromatic heterocycles. The number of benzene rings is 1. The monoisotopic (exact) mass is 344 g/mol. The van der Waals surface area contributed by atoms with Crippen molar-refractivity contribution >= 4 is 17.7 Å². The van der Waals surface area contributed by atoms with E-state index in [1.54, 1.807) is 0 Å². The van der Waals surface area contributed by atoms with Gasteiger partial charge in [0.15, 0.2) is 0 Å². The third-order valence-electron chi connectivity index (χ3n) is 4.76. The first-order valence-electron chi connectivity index (χ1n) is 8.78. The van der Waals surface area contributed by atoms with E-state index in [9.17, 15) is 14.4 Å². The van der Waals surface area contributed by atoms with Gasteiger partial charge in [-0.3, -0.25) is 19.4 Å². The van der Waals surface area contributed by atoms with E-state index in [0.717, 1.165) is 12.0 Å². The van der Waals surface area contributed by atoms with Crippen molar-refractivity contribution in [3.05, 3.63) is 35.9 Å². The molecular formula is C18H24N4O3. The van der Waals surface area contributed by atoms with Crippen LogP contribution in [0.4, 0.5) is 0 Å². The number of rotatable bonds is 4. The molecule has 2 heterocycles. The van der Waals surface area contributed by atoms with Crippen LogP contribution in [-0.2, 0) is 20.8 Å². The number of nitrogens with two attached hydrogens (primary N) is 1. The van der Waals surface area contributed by atoms with Gasteiger partial charge in [0.1, 0.15) is 6.04 Å². The van der Waals surface area contributed by atoms with E-state index in [4.69, 9.17) is 5.73 Å². The minimum absolute atomic E-state index is 0.136.